The average Bonchev–Trinajstić information content (AvgIpc) is 2.73. The maximum absolute atomic E-state index is 5.66. The van der Waals surface area contributed by atoms with Crippen LogP contribution in [0.1, 0.15) is 19.4 Å². The minimum atomic E-state index is 0.268. The summed E-state index contributed by atoms with van der Waals surface area (Å²) >= 11 is 0. The molecule has 1 N–H and O–H groups in total. The van der Waals surface area contributed by atoms with Crippen molar-refractivity contribution in [3.63, 3.8) is 0 Å². The van der Waals surface area contributed by atoms with Crippen LogP contribution in [0.25, 0.3) is 0 Å². The van der Waals surface area contributed by atoms with Crippen molar-refractivity contribution in [2.45, 2.75) is 26.4 Å². The van der Waals surface area contributed by atoms with Crippen LogP contribution in [0.15, 0.2) is 60.8 Å². The molecule has 0 saturated carbocycles. The summed E-state index contributed by atoms with van der Waals surface area (Å²) < 4.78 is 11.2. The highest BCUT2D eigenvalue weighted by molar-refractivity contribution is 5.62. The summed E-state index contributed by atoms with van der Waals surface area (Å²) in [4.78, 5) is 11.4. The molecule has 144 valence electrons. The van der Waals surface area contributed by atoms with Gasteiger partial charge in [-0.3, -0.25) is 0 Å². The van der Waals surface area contributed by atoms with E-state index in [-0.39, 0.29) is 6.04 Å². The second kappa shape index (κ2) is 8.17. The van der Waals surface area contributed by atoms with E-state index in [2.05, 4.69) is 53.3 Å². The van der Waals surface area contributed by atoms with E-state index in [1.807, 2.05) is 30.3 Å². The van der Waals surface area contributed by atoms with E-state index < -0.39 is 0 Å². The quantitative estimate of drug-likeness (QED) is 0.688. The molecule has 0 fully saturated rings. The fourth-order valence-electron chi connectivity index (χ4n) is 3.09. The van der Waals surface area contributed by atoms with Gasteiger partial charge in [-0.2, -0.15) is 4.98 Å². The fourth-order valence-corrected chi connectivity index (χ4v) is 3.09. The molecule has 1 aliphatic heterocycles. The third-order valence-electron chi connectivity index (χ3n) is 4.53. The number of hydrogen-bond acceptors (Lipinski definition) is 6. The molecule has 0 unspecified atom stereocenters. The first-order valence-corrected chi connectivity index (χ1v) is 9.49. The molecule has 0 spiro atoms. The summed E-state index contributed by atoms with van der Waals surface area (Å²) in [6.07, 6.45) is 1.78. The number of fused-ring (bicyclic) bond motifs is 1. The molecule has 6 nitrogen and oxygen atoms in total. The van der Waals surface area contributed by atoms with Gasteiger partial charge >= 0.3 is 0 Å². The molecule has 28 heavy (non-hydrogen) atoms. The van der Waals surface area contributed by atoms with Crippen molar-refractivity contribution >= 4 is 17.5 Å². The zero-order valence-electron chi connectivity index (χ0n) is 16.1. The molecule has 0 saturated heterocycles. The Morgan fingerprint density at radius 3 is 2.57 bits per heavy atom. The Morgan fingerprint density at radius 1 is 1.00 bits per heavy atom. The summed E-state index contributed by atoms with van der Waals surface area (Å²) in [5.41, 5.74) is 2.12. The van der Waals surface area contributed by atoms with Crippen LogP contribution >= 0.6 is 0 Å². The molecular weight excluding hydrogens is 352 g/mol. The van der Waals surface area contributed by atoms with Crippen molar-refractivity contribution in [1.29, 1.82) is 0 Å². The van der Waals surface area contributed by atoms with E-state index in [9.17, 15) is 0 Å². The highest BCUT2D eigenvalue weighted by Gasteiger charge is 2.15. The number of benzene rings is 2. The molecule has 2 aromatic carbocycles. The predicted octanol–water partition coefficient (Wildman–Crippen LogP) is 4.41. The number of aromatic nitrogens is 2. The molecule has 0 radical (unpaired) electrons. The molecule has 0 aliphatic carbocycles. The molecular formula is C22H24N4O2. The van der Waals surface area contributed by atoms with Crippen LogP contribution in [0.5, 0.6) is 11.5 Å². The molecule has 0 bridgehead atoms. The van der Waals surface area contributed by atoms with Crippen LogP contribution < -0.4 is 19.7 Å². The monoisotopic (exact) mass is 376 g/mol. The fraction of sp³-hybridized carbons (Fsp3) is 0.273. The standard InChI is InChI=1S/C22H24N4O2/c1-16(2)26(15-17-6-4-3-5-7-17)22-23-11-10-21(25-22)24-18-8-9-19-20(14-18)28-13-12-27-19/h3-11,14,16H,12-13,15H2,1-2H3,(H,23,24,25). The number of nitrogens with zero attached hydrogens (tertiary/aromatic N) is 3. The summed E-state index contributed by atoms with van der Waals surface area (Å²) in [7, 11) is 0. The zero-order valence-corrected chi connectivity index (χ0v) is 16.1. The van der Waals surface area contributed by atoms with Gasteiger partial charge in [-0.25, -0.2) is 4.98 Å². The lowest BCUT2D eigenvalue weighted by atomic mass is 10.2. The first-order valence-electron chi connectivity index (χ1n) is 9.49. The summed E-state index contributed by atoms with van der Waals surface area (Å²) in [6, 6.07) is 18.3. The van der Waals surface area contributed by atoms with Crippen molar-refractivity contribution in [1.82, 2.24) is 9.97 Å². The van der Waals surface area contributed by atoms with Crippen molar-refractivity contribution in [3.8, 4) is 11.5 Å². The third kappa shape index (κ3) is 4.17. The molecule has 2 heterocycles. The SMILES string of the molecule is CC(C)N(Cc1ccccc1)c1nccc(Nc2ccc3c(c2)OCCO3)n1. The van der Waals surface area contributed by atoms with Gasteiger partial charge in [0.2, 0.25) is 5.95 Å². The molecule has 6 heteroatoms. The highest BCUT2D eigenvalue weighted by Crippen LogP contribution is 2.33. The largest absolute Gasteiger partial charge is 0.486 e. The minimum absolute atomic E-state index is 0.268. The second-order valence-corrected chi connectivity index (χ2v) is 6.93. The highest BCUT2D eigenvalue weighted by atomic mass is 16.6. The van der Waals surface area contributed by atoms with Crippen LogP contribution in [-0.2, 0) is 6.54 Å². The number of rotatable bonds is 6. The normalized spacial score (nSPS) is 12.7. The molecule has 1 aromatic heterocycles. The van der Waals surface area contributed by atoms with Gasteiger partial charge in [0.1, 0.15) is 19.0 Å². The molecule has 3 aromatic rings. The smallest absolute Gasteiger partial charge is 0.227 e. The van der Waals surface area contributed by atoms with Crippen LogP contribution in [0.4, 0.5) is 17.5 Å². The van der Waals surface area contributed by atoms with Gasteiger partial charge in [0.25, 0.3) is 0 Å². The molecule has 0 amide bonds. The summed E-state index contributed by atoms with van der Waals surface area (Å²) in [6.45, 7) is 6.20. The molecule has 1 aliphatic rings. The maximum Gasteiger partial charge on any atom is 0.227 e. The van der Waals surface area contributed by atoms with E-state index in [1.165, 1.54) is 5.56 Å². The van der Waals surface area contributed by atoms with E-state index >= 15 is 0 Å². The Kier molecular flexibility index (Phi) is 5.28. The summed E-state index contributed by atoms with van der Waals surface area (Å²) in [5.74, 6) is 2.95. The number of anilines is 3. The number of ether oxygens (including phenoxy) is 2. The van der Waals surface area contributed by atoms with E-state index in [0.717, 1.165) is 29.5 Å². The summed E-state index contributed by atoms with van der Waals surface area (Å²) in [5, 5.41) is 3.34. The van der Waals surface area contributed by atoms with Gasteiger partial charge in [-0.1, -0.05) is 30.3 Å². The first kappa shape index (κ1) is 18.1. The van der Waals surface area contributed by atoms with E-state index in [1.54, 1.807) is 6.20 Å². The number of hydrogen-bond donors (Lipinski definition) is 1. The van der Waals surface area contributed by atoms with Crippen LogP contribution in [0.2, 0.25) is 0 Å². The van der Waals surface area contributed by atoms with Crippen LogP contribution in [-0.4, -0.2) is 29.2 Å². The molecule has 0 atom stereocenters. The Bertz CT molecular complexity index is 931. The Balaban J connectivity index is 1.54. The first-order chi connectivity index (χ1) is 13.7. The number of nitrogens with one attached hydrogen (secondary N) is 1. The van der Waals surface area contributed by atoms with Crippen molar-refractivity contribution in [2.24, 2.45) is 0 Å². The van der Waals surface area contributed by atoms with Crippen molar-refractivity contribution in [3.05, 3.63) is 66.4 Å². The Morgan fingerprint density at radius 2 is 1.79 bits per heavy atom. The van der Waals surface area contributed by atoms with Gasteiger partial charge in [-0.15, -0.1) is 0 Å². The predicted molar refractivity (Wildman–Crippen MR) is 111 cm³/mol. The lowest BCUT2D eigenvalue weighted by Crippen LogP contribution is -2.31. The lowest BCUT2D eigenvalue weighted by molar-refractivity contribution is 0.171. The Labute approximate surface area is 165 Å². The lowest BCUT2D eigenvalue weighted by Gasteiger charge is -2.27. The van der Waals surface area contributed by atoms with Gasteiger partial charge in [0.15, 0.2) is 11.5 Å². The second-order valence-electron chi connectivity index (χ2n) is 6.93. The van der Waals surface area contributed by atoms with Crippen molar-refractivity contribution < 1.29 is 9.47 Å². The van der Waals surface area contributed by atoms with Gasteiger partial charge in [0, 0.05) is 30.5 Å². The van der Waals surface area contributed by atoms with Gasteiger partial charge in [0.05, 0.1) is 0 Å². The third-order valence-corrected chi connectivity index (χ3v) is 4.53. The Hall–Kier alpha value is -3.28. The van der Waals surface area contributed by atoms with Crippen molar-refractivity contribution in [2.75, 3.05) is 23.4 Å². The van der Waals surface area contributed by atoms with Gasteiger partial charge in [-0.05, 0) is 37.6 Å². The van der Waals surface area contributed by atoms with Crippen LogP contribution in [0.3, 0.4) is 0 Å². The van der Waals surface area contributed by atoms with Crippen LogP contribution in [0, 0.1) is 0 Å². The van der Waals surface area contributed by atoms with Gasteiger partial charge < -0.3 is 19.7 Å². The average molecular weight is 376 g/mol. The minimum Gasteiger partial charge on any atom is -0.486 e. The topological polar surface area (TPSA) is 59.5 Å². The van der Waals surface area contributed by atoms with E-state index in [0.29, 0.717) is 19.2 Å². The zero-order chi connectivity index (χ0) is 19.3. The van der Waals surface area contributed by atoms with E-state index in [4.69, 9.17) is 14.5 Å². The molecule has 4 rings (SSSR count). The maximum atomic E-state index is 5.66.